The minimum absolute atomic E-state index is 0.184. The van der Waals surface area contributed by atoms with Crippen molar-refractivity contribution in [2.75, 3.05) is 32.9 Å². The Morgan fingerprint density at radius 2 is 2.10 bits per heavy atom. The van der Waals surface area contributed by atoms with Gasteiger partial charge in [0.05, 0.1) is 19.6 Å². The summed E-state index contributed by atoms with van der Waals surface area (Å²) in [5.74, 6) is 1.50. The average molecular weight is 291 g/mol. The highest BCUT2D eigenvalue weighted by Gasteiger charge is 2.25. The van der Waals surface area contributed by atoms with E-state index < -0.39 is 0 Å². The normalized spacial score (nSPS) is 18.0. The molecule has 1 aromatic carbocycles. The number of carbonyl (C=O) groups is 1. The van der Waals surface area contributed by atoms with Crippen LogP contribution in [0.15, 0.2) is 30.3 Å². The molecule has 0 spiro atoms. The van der Waals surface area contributed by atoms with E-state index in [0.717, 1.165) is 44.9 Å². The molecule has 4 nitrogen and oxygen atoms in total. The number of amides is 1. The summed E-state index contributed by atoms with van der Waals surface area (Å²) >= 11 is 0. The van der Waals surface area contributed by atoms with Crippen LogP contribution < -0.4 is 4.74 Å². The van der Waals surface area contributed by atoms with Crippen molar-refractivity contribution in [1.82, 2.24) is 4.90 Å². The molecule has 2 rings (SSSR count). The number of carbonyl (C=O) groups excluding carboxylic acids is 1. The van der Waals surface area contributed by atoms with E-state index in [2.05, 4.69) is 6.92 Å². The first-order valence-electron chi connectivity index (χ1n) is 7.83. The number of ether oxygens (including phenoxy) is 2. The molecule has 1 unspecified atom stereocenters. The summed E-state index contributed by atoms with van der Waals surface area (Å²) < 4.78 is 11.1. The lowest BCUT2D eigenvalue weighted by Gasteiger charge is -2.17. The summed E-state index contributed by atoms with van der Waals surface area (Å²) in [5, 5.41) is 0. The first-order chi connectivity index (χ1) is 10.3. The fourth-order valence-corrected chi connectivity index (χ4v) is 2.52. The SMILES string of the molecule is CCCOCC1CCN(C(=O)CCOc2ccccc2)C1. The van der Waals surface area contributed by atoms with Crippen molar-refractivity contribution in [3.8, 4) is 5.75 Å². The Morgan fingerprint density at radius 3 is 2.86 bits per heavy atom. The maximum atomic E-state index is 12.1. The molecular weight excluding hydrogens is 266 g/mol. The van der Waals surface area contributed by atoms with Crippen LogP contribution >= 0.6 is 0 Å². The number of hydrogen-bond acceptors (Lipinski definition) is 3. The van der Waals surface area contributed by atoms with Crippen LogP contribution in [-0.4, -0.2) is 43.7 Å². The molecule has 1 fully saturated rings. The van der Waals surface area contributed by atoms with Crippen LogP contribution in [0.3, 0.4) is 0 Å². The molecule has 21 heavy (non-hydrogen) atoms. The first-order valence-corrected chi connectivity index (χ1v) is 7.83. The molecule has 1 aromatic rings. The zero-order chi connectivity index (χ0) is 14.9. The van der Waals surface area contributed by atoms with Crippen molar-refractivity contribution in [2.24, 2.45) is 5.92 Å². The maximum absolute atomic E-state index is 12.1. The molecule has 0 N–H and O–H groups in total. The molecule has 4 heteroatoms. The molecule has 1 heterocycles. The minimum Gasteiger partial charge on any atom is -0.493 e. The minimum atomic E-state index is 0.184. The topological polar surface area (TPSA) is 38.8 Å². The standard InChI is InChI=1S/C17H25NO3/c1-2-11-20-14-15-8-10-18(13-15)17(19)9-12-21-16-6-4-3-5-7-16/h3-7,15H,2,8-14H2,1H3. The number of para-hydroxylation sites is 1. The second kappa shape index (κ2) is 8.67. The highest BCUT2D eigenvalue weighted by molar-refractivity contribution is 5.76. The smallest absolute Gasteiger partial charge is 0.226 e. The number of nitrogens with zero attached hydrogens (tertiary/aromatic N) is 1. The van der Waals surface area contributed by atoms with Crippen molar-refractivity contribution < 1.29 is 14.3 Å². The molecule has 116 valence electrons. The van der Waals surface area contributed by atoms with Crippen molar-refractivity contribution in [3.63, 3.8) is 0 Å². The van der Waals surface area contributed by atoms with Crippen LogP contribution in [-0.2, 0) is 9.53 Å². The summed E-state index contributed by atoms with van der Waals surface area (Å²) in [6, 6.07) is 9.61. The number of likely N-dealkylation sites (tertiary alicyclic amines) is 1. The number of benzene rings is 1. The second-order valence-corrected chi connectivity index (χ2v) is 5.48. The van der Waals surface area contributed by atoms with Crippen LogP contribution in [0.5, 0.6) is 5.75 Å². The predicted molar refractivity (Wildman–Crippen MR) is 82.4 cm³/mol. The molecule has 0 radical (unpaired) electrons. The second-order valence-electron chi connectivity index (χ2n) is 5.48. The van der Waals surface area contributed by atoms with Gasteiger partial charge in [-0.1, -0.05) is 25.1 Å². The van der Waals surface area contributed by atoms with Crippen LogP contribution in [0.4, 0.5) is 0 Å². The number of rotatable bonds is 8. The molecule has 1 amide bonds. The Hall–Kier alpha value is -1.55. The number of hydrogen-bond donors (Lipinski definition) is 0. The molecular formula is C17H25NO3. The Bertz CT molecular complexity index is 421. The lowest BCUT2D eigenvalue weighted by Crippen LogP contribution is -2.30. The zero-order valence-electron chi connectivity index (χ0n) is 12.8. The largest absolute Gasteiger partial charge is 0.493 e. The Labute approximate surface area is 127 Å². The van der Waals surface area contributed by atoms with Gasteiger partial charge in [0.1, 0.15) is 5.75 Å². The van der Waals surface area contributed by atoms with E-state index in [9.17, 15) is 4.79 Å². The van der Waals surface area contributed by atoms with Gasteiger partial charge in [-0.05, 0) is 25.0 Å². The fraction of sp³-hybridized carbons (Fsp3) is 0.588. The highest BCUT2D eigenvalue weighted by Crippen LogP contribution is 2.17. The molecule has 1 aliphatic heterocycles. The van der Waals surface area contributed by atoms with Crippen molar-refractivity contribution in [1.29, 1.82) is 0 Å². The van der Waals surface area contributed by atoms with Crippen LogP contribution in [0, 0.1) is 5.92 Å². The fourth-order valence-electron chi connectivity index (χ4n) is 2.52. The third kappa shape index (κ3) is 5.38. The van der Waals surface area contributed by atoms with E-state index in [1.807, 2.05) is 35.2 Å². The molecule has 0 saturated carbocycles. The highest BCUT2D eigenvalue weighted by atomic mass is 16.5. The van der Waals surface area contributed by atoms with Gasteiger partial charge in [0, 0.05) is 25.6 Å². The van der Waals surface area contributed by atoms with Crippen LogP contribution in [0.2, 0.25) is 0 Å². The van der Waals surface area contributed by atoms with Gasteiger partial charge in [0.15, 0.2) is 0 Å². The van der Waals surface area contributed by atoms with Gasteiger partial charge in [-0.25, -0.2) is 0 Å². The lowest BCUT2D eigenvalue weighted by atomic mass is 10.1. The quantitative estimate of drug-likeness (QED) is 0.691. The molecule has 0 bridgehead atoms. The van der Waals surface area contributed by atoms with Gasteiger partial charge in [-0.2, -0.15) is 0 Å². The first kappa shape index (κ1) is 15.8. The van der Waals surface area contributed by atoms with Crippen molar-refractivity contribution in [3.05, 3.63) is 30.3 Å². The average Bonchev–Trinajstić information content (AvgIpc) is 2.97. The molecule has 0 aliphatic carbocycles. The van der Waals surface area contributed by atoms with E-state index in [0.29, 0.717) is 18.9 Å². The van der Waals surface area contributed by atoms with Gasteiger partial charge in [-0.15, -0.1) is 0 Å². The van der Waals surface area contributed by atoms with Gasteiger partial charge >= 0.3 is 0 Å². The van der Waals surface area contributed by atoms with E-state index in [-0.39, 0.29) is 5.91 Å². The molecule has 0 aromatic heterocycles. The Kier molecular flexibility index (Phi) is 6.54. The molecule has 1 aliphatic rings. The molecule has 1 saturated heterocycles. The Morgan fingerprint density at radius 1 is 1.29 bits per heavy atom. The van der Waals surface area contributed by atoms with Gasteiger partial charge in [0.25, 0.3) is 0 Å². The predicted octanol–water partition coefficient (Wildman–Crippen LogP) is 2.73. The zero-order valence-corrected chi connectivity index (χ0v) is 12.8. The maximum Gasteiger partial charge on any atom is 0.226 e. The third-order valence-electron chi connectivity index (χ3n) is 3.67. The van der Waals surface area contributed by atoms with Gasteiger partial charge in [0.2, 0.25) is 5.91 Å². The van der Waals surface area contributed by atoms with Crippen LogP contribution in [0.1, 0.15) is 26.2 Å². The van der Waals surface area contributed by atoms with Gasteiger partial charge in [-0.3, -0.25) is 4.79 Å². The molecule has 1 atom stereocenters. The van der Waals surface area contributed by atoms with Crippen molar-refractivity contribution in [2.45, 2.75) is 26.2 Å². The van der Waals surface area contributed by atoms with E-state index in [1.54, 1.807) is 0 Å². The lowest BCUT2D eigenvalue weighted by molar-refractivity contribution is -0.130. The van der Waals surface area contributed by atoms with E-state index in [4.69, 9.17) is 9.47 Å². The monoisotopic (exact) mass is 291 g/mol. The summed E-state index contributed by atoms with van der Waals surface area (Å²) in [6.07, 6.45) is 2.54. The summed E-state index contributed by atoms with van der Waals surface area (Å²) in [6.45, 7) is 5.82. The Balaban J connectivity index is 1.63. The van der Waals surface area contributed by atoms with Crippen LogP contribution in [0.25, 0.3) is 0 Å². The van der Waals surface area contributed by atoms with E-state index in [1.165, 1.54) is 0 Å². The summed E-state index contributed by atoms with van der Waals surface area (Å²) in [4.78, 5) is 14.1. The summed E-state index contributed by atoms with van der Waals surface area (Å²) in [5.41, 5.74) is 0. The summed E-state index contributed by atoms with van der Waals surface area (Å²) in [7, 11) is 0. The van der Waals surface area contributed by atoms with E-state index >= 15 is 0 Å². The third-order valence-corrected chi connectivity index (χ3v) is 3.67. The van der Waals surface area contributed by atoms with Gasteiger partial charge < -0.3 is 14.4 Å². The van der Waals surface area contributed by atoms with Crippen molar-refractivity contribution >= 4 is 5.91 Å².